The molecule has 1 aromatic carbocycles. The first kappa shape index (κ1) is 8.97. The number of para-hydroxylation sites is 1. The minimum absolute atomic E-state index is 0.760. The number of halogens is 1. The van der Waals surface area contributed by atoms with Crippen molar-refractivity contribution in [2.45, 2.75) is 19.8 Å². The van der Waals surface area contributed by atoms with Gasteiger partial charge in [0.2, 0.25) is 0 Å². The lowest BCUT2D eigenvalue weighted by Gasteiger charge is -1.88. The molecule has 0 saturated heterocycles. The van der Waals surface area contributed by atoms with E-state index in [1.807, 2.05) is 12.1 Å². The zero-order valence-corrected chi connectivity index (χ0v) is 8.95. The Balaban J connectivity index is 2.55. The molecule has 0 aliphatic carbocycles. The van der Waals surface area contributed by atoms with Crippen LogP contribution in [-0.4, -0.2) is 4.98 Å². The van der Waals surface area contributed by atoms with Gasteiger partial charge in [0.05, 0.1) is 14.7 Å². The molecule has 1 aromatic heterocycles. The smallest absolute Gasteiger partial charge is 0.100 e. The molecule has 1 nitrogen and oxygen atoms in total. The standard InChI is InChI=1S/C10H10ClNS/c1-2-4-9-12-10-7(11)5-3-6-8(10)13-9/h3,5-6H,2,4H2,1H3. The van der Waals surface area contributed by atoms with Gasteiger partial charge in [-0.25, -0.2) is 4.98 Å². The number of benzene rings is 1. The Labute approximate surface area is 86.4 Å². The van der Waals surface area contributed by atoms with Gasteiger partial charge in [0.25, 0.3) is 0 Å². The largest absolute Gasteiger partial charge is 0.240 e. The van der Waals surface area contributed by atoms with Gasteiger partial charge in [0, 0.05) is 0 Å². The zero-order valence-electron chi connectivity index (χ0n) is 7.38. The second kappa shape index (κ2) is 3.64. The first-order valence-electron chi connectivity index (χ1n) is 4.35. The second-order valence-electron chi connectivity index (χ2n) is 2.94. The van der Waals surface area contributed by atoms with Crippen molar-refractivity contribution in [3.8, 4) is 0 Å². The van der Waals surface area contributed by atoms with E-state index in [1.54, 1.807) is 11.3 Å². The molecule has 13 heavy (non-hydrogen) atoms. The summed E-state index contributed by atoms with van der Waals surface area (Å²) in [6.07, 6.45) is 2.19. The lowest BCUT2D eigenvalue weighted by Crippen LogP contribution is -1.78. The molecule has 3 heteroatoms. The molecular formula is C10H10ClNS. The summed E-state index contributed by atoms with van der Waals surface area (Å²) in [4.78, 5) is 4.49. The van der Waals surface area contributed by atoms with E-state index in [2.05, 4.69) is 18.0 Å². The normalized spacial score (nSPS) is 10.9. The summed E-state index contributed by atoms with van der Waals surface area (Å²) in [6.45, 7) is 2.16. The van der Waals surface area contributed by atoms with Gasteiger partial charge in [-0.05, 0) is 25.0 Å². The van der Waals surface area contributed by atoms with Crippen molar-refractivity contribution < 1.29 is 0 Å². The van der Waals surface area contributed by atoms with Gasteiger partial charge in [-0.15, -0.1) is 11.3 Å². The van der Waals surface area contributed by atoms with Crippen molar-refractivity contribution in [2.24, 2.45) is 0 Å². The van der Waals surface area contributed by atoms with Gasteiger partial charge in [0.15, 0.2) is 0 Å². The van der Waals surface area contributed by atoms with Crippen LogP contribution in [0, 0.1) is 0 Å². The van der Waals surface area contributed by atoms with Gasteiger partial charge >= 0.3 is 0 Å². The fourth-order valence-electron chi connectivity index (χ4n) is 1.28. The zero-order chi connectivity index (χ0) is 9.26. The van der Waals surface area contributed by atoms with E-state index in [1.165, 1.54) is 9.71 Å². The van der Waals surface area contributed by atoms with E-state index in [0.29, 0.717) is 0 Å². The molecule has 2 rings (SSSR count). The van der Waals surface area contributed by atoms with E-state index in [0.717, 1.165) is 23.4 Å². The van der Waals surface area contributed by atoms with Crippen molar-refractivity contribution in [1.29, 1.82) is 0 Å². The molecule has 0 aliphatic rings. The summed E-state index contributed by atoms with van der Waals surface area (Å²) in [5, 5.41) is 1.95. The second-order valence-corrected chi connectivity index (χ2v) is 4.47. The number of aryl methyl sites for hydroxylation is 1. The third-order valence-electron chi connectivity index (χ3n) is 1.88. The van der Waals surface area contributed by atoms with E-state index >= 15 is 0 Å². The summed E-state index contributed by atoms with van der Waals surface area (Å²) < 4.78 is 1.19. The maximum absolute atomic E-state index is 6.01. The first-order valence-corrected chi connectivity index (χ1v) is 5.54. The predicted octanol–water partition coefficient (Wildman–Crippen LogP) is 3.90. The molecule has 2 aromatic rings. The van der Waals surface area contributed by atoms with Crippen molar-refractivity contribution in [2.75, 3.05) is 0 Å². The van der Waals surface area contributed by atoms with Crippen LogP contribution in [0.4, 0.5) is 0 Å². The molecule has 0 fully saturated rings. The van der Waals surface area contributed by atoms with Crippen LogP contribution >= 0.6 is 22.9 Å². The molecule has 0 bridgehead atoms. The number of hydrogen-bond donors (Lipinski definition) is 0. The third kappa shape index (κ3) is 1.69. The molecule has 0 unspecified atom stereocenters. The van der Waals surface area contributed by atoms with Crippen molar-refractivity contribution in [1.82, 2.24) is 4.98 Å². The maximum Gasteiger partial charge on any atom is 0.100 e. The summed E-state index contributed by atoms with van der Waals surface area (Å²) in [5.41, 5.74) is 0.956. The molecule has 0 saturated carbocycles. The van der Waals surface area contributed by atoms with E-state index in [9.17, 15) is 0 Å². The van der Waals surface area contributed by atoms with E-state index in [4.69, 9.17) is 11.6 Å². The van der Waals surface area contributed by atoms with Crippen LogP contribution in [0.5, 0.6) is 0 Å². The number of aromatic nitrogens is 1. The predicted molar refractivity (Wildman–Crippen MR) is 58.6 cm³/mol. The Morgan fingerprint density at radius 2 is 2.31 bits per heavy atom. The molecule has 68 valence electrons. The number of thiazole rings is 1. The Morgan fingerprint density at radius 1 is 1.46 bits per heavy atom. The van der Waals surface area contributed by atoms with Crippen molar-refractivity contribution >= 4 is 33.2 Å². The summed E-state index contributed by atoms with van der Waals surface area (Å²) >= 11 is 7.76. The van der Waals surface area contributed by atoms with Gasteiger partial charge in [-0.2, -0.15) is 0 Å². The van der Waals surface area contributed by atoms with Crippen molar-refractivity contribution in [3.63, 3.8) is 0 Å². The minimum atomic E-state index is 0.760. The number of nitrogens with zero attached hydrogens (tertiary/aromatic N) is 1. The Kier molecular flexibility index (Phi) is 2.51. The molecule has 0 amide bonds. The van der Waals surface area contributed by atoms with Crippen LogP contribution < -0.4 is 0 Å². The molecule has 1 heterocycles. The van der Waals surface area contributed by atoms with Crippen LogP contribution in [0.3, 0.4) is 0 Å². The van der Waals surface area contributed by atoms with Crippen LogP contribution in [0.2, 0.25) is 5.02 Å². The van der Waals surface area contributed by atoms with Crippen LogP contribution in [0.25, 0.3) is 10.2 Å². The maximum atomic E-state index is 6.01. The minimum Gasteiger partial charge on any atom is -0.240 e. The topological polar surface area (TPSA) is 12.9 Å². The van der Waals surface area contributed by atoms with Crippen LogP contribution in [0.15, 0.2) is 18.2 Å². The summed E-state index contributed by atoms with van der Waals surface area (Å²) in [6, 6.07) is 5.93. The quantitative estimate of drug-likeness (QED) is 0.734. The lowest BCUT2D eigenvalue weighted by atomic mass is 10.3. The van der Waals surface area contributed by atoms with Gasteiger partial charge in [-0.1, -0.05) is 24.6 Å². The lowest BCUT2D eigenvalue weighted by molar-refractivity contribution is 0.913. The highest BCUT2D eigenvalue weighted by Gasteiger charge is 2.05. The summed E-state index contributed by atoms with van der Waals surface area (Å²) in [7, 11) is 0. The van der Waals surface area contributed by atoms with Crippen LogP contribution in [0.1, 0.15) is 18.4 Å². The van der Waals surface area contributed by atoms with Crippen molar-refractivity contribution in [3.05, 3.63) is 28.2 Å². The summed E-state index contributed by atoms with van der Waals surface area (Å²) in [5.74, 6) is 0. The molecule has 0 N–H and O–H groups in total. The van der Waals surface area contributed by atoms with E-state index < -0.39 is 0 Å². The fourth-order valence-corrected chi connectivity index (χ4v) is 2.65. The van der Waals surface area contributed by atoms with Gasteiger partial charge in [-0.3, -0.25) is 0 Å². The van der Waals surface area contributed by atoms with Gasteiger partial charge < -0.3 is 0 Å². The average Bonchev–Trinajstić information content (AvgIpc) is 2.49. The molecule has 0 aliphatic heterocycles. The molecular weight excluding hydrogens is 202 g/mol. The number of rotatable bonds is 2. The highest BCUT2D eigenvalue weighted by molar-refractivity contribution is 7.18. The molecule has 0 radical (unpaired) electrons. The van der Waals surface area contributed by atoms with Crippen LogP contribution in [-0.2, 0) is 6.42 Å². The SMILES string of the molecule is CCCc1nc2c(Cl)cccc2s1. The third-order valence-corrected chi connectivity index (χ3v) is 3.26. The Bertz CT molecular complexity index is 422. The monoisotopic (exact) mass is 211 g/mol. The average molecular weight is 212 g/mol. The molecule has 0 atom stereocenters. The Morgan fingerprint density at radius 3 is 3.00 bits per heavy atom. The van der Waals surface area contributed by atoms with E-state index in [-0.39, 0.29) is 0 Å². The molecule has 0 spiro atoms. The highest BCUT2D eigenvalue weighted by Crippen LogP contribution is 2.28. The highest BCUT2D eigenvalue weighted by atomic mass is 35.5. The number of fused-ring (bicyclic) bond motifs is 1. The van der Waals surface area contributed by atoms with Gasteiger partial charge in [0.1, 0.15) is 5.52 Å². The Hall–Kier alpha value is -0.600. The first-order chi connectivity index (χ1) is 6.31. The fraction of sp³-hybridized carbons (Fsp3) is 0.300. The number of hydrogen-bond acceptors (Lipinski definition) is 2.